The first-order valence-corrected chi connectivity index (χ1v) is 5.22. The predicted octanol–water partition coefficient (Wildman–Crippen LogP) is 3.48. The molecule has 1 unspecified atom stereocenters. The van der Waals surface area contributed by atoms with E-state index in [1.165, 1.54) is 11.1 Å². The average molecular weight is 187 g/mol. The monoisotopic (exact) mass is 187 g/mol. The Bertz CT molecular complexity index is 322. The van der Waals surface area contributed by atoms with E-state index in [4.69, 9.17) is 5.26 Å². The van der Waals surface area contributed by atoms with Gasteiger partial charge in [-0.3, -0.25) is 0 Å². The van der Waals surface area contributed by atoms with Crippen molar-refractivity contribution in [3.05, 3.63) is 35.4 Å². The van der Waals surface area contributed by atoms with Crippen molar-refractivity contribution in [3.63, 3.8) is 0 Å². The second-order valence-electron chi connectivity index (χ2n) is 3.70. The van der Waals surface area contributed by atoms with Crippen LogP contribution in [0.3, 0.4) is 0 Å². The van der Waals surface area contributed by atoms with E-state index in [1.807, 2.05) is 0 Å². The molecule has 0 aliphatic carbocycles. The fourth-order valence-corrected chi connectivity index (χ4v) is 1.58. The van der Waals surface area contributed by atoms with E-state index in [1.54, 1.807) is 0 Å². The van der Waals surface area contributed by atoms with Crippen LogP contribution < -0.4 is 0 Å². The lowest BCUT2D eigenvalue weighted by Gasteiger charge is -2.07. The topological polar surface area (TPSA) is 23.8 Å². The summed E-state index contributed by atoms with van der Waals surface area (Å²) in [4.78, 5) is 0. The lowest BCUT2D eigenvalue weighted by molar-refractivity contribution is 0.584. The van der Waals surface area contributed by atoms with Crippen LogP contribution in [0.1, 0.15) is 30.9 Å². The normalized spacial score (nSPS) is 12.1. The van der Waals surface area contributed by atoms with Crippen LogP contribution in [0.4, 0.5) is 0 Å². The second-order valence-corrected chi connectivity index (χ2v) is 3.70. The summed E-state index contributed by atoms with van der Waals surface area (Å²) in [5.41, 5.74) is 2.71. The molecular formula is C13H17N. The maximum absolute atomic E-state index is 8.82. The van der Waals surface area contributed by atoms with E-state index in [2.05, 4.69) is 44.2 Å². The number of aryl methyl sites for hydroxylation is 2. The average Bonchev–Trinajstić information content (AvgIpc) is 2.22. The molecule has 0 N–H and O–H groups in total. The van der Waals surface area contributed by atoms with Gasteiger partial charge in [0, 0.05) is 5.92 Å². The summed E-state index contributed by atoms with van der Waals surface area (Å²) < 4.78 is 0. The summed E-state index contributed by atoms with van der Waals surface area (Å²) in [5.74, 6) is 0.217. The number of hydrogen-bond donors (Lipinski definition) is 0. The molecule has 0 saturated heterocycles. The lowest BCUT2D eigenvalue weighted by Crippen LogP contribution is -1.98. The summed E-state index contributed by atoms with van der Waals surface area (Å²) in [7, 11) is 0. The first kappa shape index (κ1) is 10.8. The highest BCUT2D eigenvalue weighted by atomic mass is 14.3. The van der Waals surface area contributed by atoms with E-state index >= 15 is 0 Å². The van der Waals surface area contributed by atoms with Crippen LogP contribution in [-0.4, -0.2) is 0 Å². The van der Waals surface area contributed by atoms with Gasteiger partial charge in [0.2, 0.25) is 0 Å². The van der Waals surface area contributed by atoms with Crippen molar-refractivity contribution in [1.29, 1.82) is 5.26 Å². The Balaban J connectivity index is 2.54. The Labute approximate surface area is 86.4 Å². The van der Waals surface area contributed by atoms with Crippen molar-refractivity contribution in [2.45, 2.75) is 33.1 Å². The van der Waals surface area contributed by atoms with Gasteiger partial charge in [-0.05, 0) is 37.3 Å². The van der Waals surface area contributed by atoms with Crippen LogP contribution in [0.25, 0.3) is 0 Å². The fraction of sp³-hybridized carbons (Fsp3) is 0.462. The lowest BCUT2D eigenvalue weighted by atomic mass is 9.96. The number of rotatable bonds is 4. The van der Waals surface area contributed by atoms with E-state index in [-0.39, 0.29) is 5.92 Å². The molecular weight excluding hydrogens is 170 g/mol. The van der Waals surface area contributed by atoms with Gasteiger partial charge in [-0.25, -0.2) is 0 Å². The molecule has 0 aromatic heterocycles. The third kappa shape index (κ3) is 2.88. The maximum atomic E-state index is 8.82. The van der Waals surface area contributed by atoms with E-state index in [9.17, 15) is 0 Å². The van der Waals surface area contributed by atoms with Gasteiger partial charge in [-0.1, -0.05) is 31.2 Å². The highest BCUT2D eigenvalue weighted by Gasteiger charge is 2.05. The van der Waals surface area contributed by atoms with Gasteiger partial charge in [0.05, 0.1) is 6.07 Å². The molecule has 1 aromatic carbocycles. The Morgan fingerprint density at radius 1 is 1.36 bits per heavy atom. The Morgan fingerprint density at radius 3 is 2.64 bits per heavy atom. The summed E-state index contributed by atoms with van der Waals surface area (Å²) in [5, 5.41) is 8.82. The molecule has 1 rings (SSSR count). The van der Waals surface area contributed by atoms with Gasteiger partial charge in [-0.2, -0.15) is 5.26 Å². The zero-order valence-corrected chi connectivity index (χ0v) is 8.96. The van der Waals surface area contributed by atoms with Crippen molar-refractivity contribution in [1.82, 2.24) is 0 Å². The van der Waals surface area contributed by atoms with Crippen LogP contribution in [0.2, 0.25) is 0 Å². The molecule has 1 atom stereocenters. The van der Waals surface area contributed by atoms with Crippen molar-refractivity contribution in [3.8, 4) is 6.07 Å². The SMILES string of the molecule is CCC(C#N)CCc1ccccc1C. The first-order chi connectivity index (χ1) is 6.77. The smallest absolute Gasteiger partial charge is 0.0655 e. The van der Waals surface area contributed by atoms with Gasteiger partial charge in [0.1, 0.15) is 0 Å². The Hall–Kier alpha value is -1.29. The van der Waals surface area contributed by atoms with E-state index in [0.717, 1.165) is 19.3 Å². The molecule has 1 heteroatoms. The standard InChI is InChI=1S/C13H17N/c1-3-12(10-14)8-9-13-7-5-4-6-11(13)2/h4-7,12H,3,8-9H2,1-2H3. The van der Waals surface area contributed by atoms with Crippen LogP contribution in [0, 0.1) is 24.2 Å². The molecule has 1 nitrogen and oxygen atoms in total. The maximum Gasteiger partial charge on any atom is 0.0655 e. The molecule has 0 aliphatic heterocycles. The summed E-state index contributed by atoms with van der Waals surface area (Å²) >= 11 is 0. The molecule has 0 bridgehead atoms. The Kier molecular flexibility index (Phi) is 4.19. The molecule has 0 aliphatic rings. The second kappa shape index (κ2) is 5.44. The molecule has 74 valence electrons. The molecule has 0 fully saturated rings. The number of benzene rings is 1. The minimum atomic E-state index is 0.217. The van der Waals surface area contributed by atoms with Crippen molar-refractivity contribution in [2.24, 2.45) is 5.92 Å². The molecule has 0 radical (unpaired) electrons. The van der Waals surface area contributed by atoms with Gasteiger partial charge < -0.3 is 0 Å². The number of nitrogens with zero attached hydrogens (tertiary/aromatic N) is 1. The molecule has 14 heavy (non-hydrogen) atoms. The molecule has 0 amide bonds. The summed E-state index contributed by atoms with van der Waals surface area (Å²) in [6, 6.07) is 10.7. The number of hydrogen-bond acceptors (Lipinski definition) is 1. The largest absolute Gasteiger partial charge is 0.198 e. The van der Waals surface area contributed by atoms with Crippen molar-refractivity contribution in [2.75, 3.05) is 0 Å². The zero-order valence-electron chi connectivity index (χ0n) is 8.96. The molecule has 1 aromatic rings. The fourth-order valence-electron chi connectivity index (χ4n) is 1.58. The minimum Gasteiger partial charge on any atom is -0.198 e. The van der Waals surface area contributed by atoms with Crippen molar-refractivity contribution < 1.29 is 0 Å². The number of nitriles is 1. The van der Waals surface area contributed by atoms with Gasteiger partial charge in [0.15, 0.2) is 0 Å². The third-order valence-corrected chi connectivity index (χ3v) is 2.70. The third-order valence-electron chi connectivity index (χ3n) is 2.70. The zero-order chi connectivity index (χ0) is 10.4. The van der Waals surface area contributed by atoms with Gasteiger partial charge in [0.25, 0.3) is 0 Å². The highest BCUT2D eigenvalue weighted by Crippen LogP contribution is 2.14. The molecule has 0 spiro atoms. The van der Waals surface area contributed by atoms with Gasteiger partial charge >= 0.3 is 0 Å². The predicted molar refractivity (Wildman–Crippen MR) is 58.9 cm³/mol. The highest BCUT2D eigenvalue weighted by molar-refractivity contribution is 5.25. The van der Waals surface area contributed by atoms with Crippen LogP contribution >= 0.6 is 0 Å². The summed E-state index contributed by atoms with van der Waals surface area (Å²) in [6.45, 7) is 4.20. The van der Waals surface area contributed by atoms with Crippen molar-refractivity contribution >= 4 is 0 Å². The van der Waals surface area contributed by atoms with Gasteiger partial charge in [-0.15, -0.1) is 0 Å². The van der Waals surface area contributed by atoms with Crippen LogP contribution in [0.5, 0.6) is 0 Å². The summed E-state index contributed by atoms with van der Waals surface area (Å²) in [6.07, 6.45) is 2.97. The molecule has 0 saturated carbocycles. The van der Waals surface area contributed by atoms with E-state index < -0.39 is 0 Å². The molecule has 0 heterocycles. The van der Waals surface area contributed by atoms with Crippen LogP contribution in [0.15, 0.2) is 24.3 Å². The first-order valence-electron chi connectivity index (χ1n) is 5.22. The van der Waals surface area contributed by atoms with Crippen LogP contribution in [-0.2, 0) is 6.42 Å². The quantitative estimate of drug-likeness (QED) is 0.708. The van der Waals surface area contributed by atoms with E-state index in [0.29, 0.717) is 0 Å². The minimum absolute atomic E-state index is 0.217. The Morgan fingerprint density at radius 2 is 2.07 bits per heavy atom.